The molecule has 2 aromatic carbocycles. The van der Waals surface area contributed by atoms with Gasteiger partial charge in [-0.1, -0.05) is 49.0 Å². The van der Waals surface area contributed by atoms with Crippen molar-refractivity contribution in [1.29, 1.82) is 0 Å². The highest BCUT2D eigenvalue weighted by Crippen LogP contribution is 2.37. The average molecular weight is 492 g/mol. The third-order valence-corrected chi connectivity index (χ3v) is 8.11. The number of nitrogens with one attached hydrogen (secondary N) is 1. The first-order chi connectivity index (χ1) is 16.5. The van der Waals surface area contributed by atoms with Crippen molar-refractivity contribution in [1.82, 2.24) is 9.55 Å². The van der Waals surface area contributed by atoms with Crippen molar-refractivity contribution < 1.29 is 9.53 Å². The molecule has 0 saturated heterocycles. The highest BCUT2D eigenvalue weighted by molar-refractivity contribution is 7.99. The number of nitrogens with zero attached hydrogens (tertiary/aromatic N) is 2. The number of aryl methyl sites for hydroxylation is 1. The monoisotopic (exact) mass is 491 g/mol. The first-order valence-electron chi connectivity index (χ1n) is 11.2. The van der Waals surface area contributed by atoms with E-state index in [-0.39, 0.29) is 17.2 Å². The molecule has 0 bridgehead atoms. The van der Waals surface area contributed by atoms with Crippen LogP contribution < -0.4 is 15.6 Å². The van der Waals surface area contributed by atoms with Crippen molar-refractivity contribution in [3.63, 3.8) is 0 Å². The Morgan fingerprint density at radius 2 is 1.97 bits per heavy atom. The molecule has 34 heavy (non-hydrogen) atoms. The highest BCUT2D eigenvalue weighted by atomic mass is 32.2. The smallest absolute Gasteiger partial charge is 0.267 e. The van der Waals surface area contributed by atoms with Gasteiger partial charge in [0.2, 0.25) is 5.91 Å². The van der Waals surface area contributed by atoms with E-state index in [9.17, 15) is 9.59 Å². The van der Waals surface area contributed by atoms with Crippen molar-refractivity contribution >= 4 is 44.9 Å². The zero-order valence-electron chi connectivity index (χ0n) is 19.0. The van der Waals surface area contributed by atoms with Gasteiger partial charge in [0.15, 0.2) is 5.16 Å². The molecule has 0 aliphatic heterocycles. The number of hydrogen-bond acceptors (Lipinski definition) is 6. The molecule has 0 unspecified atom stereocenters. The fraction of sp³-hybridized carbons (Fsp3) is 0.269. The van der Waals surface area contributed by atoms with Crippen LogP contribution in [0.2, 0.25) is 0 Å². The molecule has 4 aromatic rings. The van der Waals surface area contributed by atoms with Gasteiger partial charge >= 0.3 is 0 Å². The normalized spacial score (nSPS) is 15.2. The molecule has 0 radical (unpaired) electrons. The summed E-state index contributed by atoms with van der Waals surface area (Å²) in [5.74, 6) is 1.14. The maximum atomic E-state index is 13.8. The number of thioether (sulfide) groups is 1. The van der Waals surface area contributed by atoms with E-state index in [0.29, 0.717) is 22.5 Å². The second kappa shape index (κ2) is 9.64. The summed E-state index contributed by atoms with van der Waals surface area (Å²) < 4.78 is 6.97. The Balaban J connectivity index is 1.51. The molecule has 0 saturated carbocycles. The standard InChI is InChI=1S/C26H25N3O3S2/c1-16-12-13-18-21(14-16)34-24-23(18)25(31)29(17-8-4-3-5-9-17)26(28-24)33-15-22(30)27-19-10-6-7-11-20(19)32-2/h3-11,16H,12-15H2,1-2H3,(H,27,30)/t16-/m0/s1. The maximum Gasteiger partial charge on any atom is 0.267 e. The summed E-state index contributed by atoms with van der Waals surface area (Å²) in [6.07, 6.45) is 2.99. The Labute approximate surface area is 206 Å². The van der Waals surface area contributed by atoms with E-state index in [1.165, 1.54) is 16.6 Å². The third kappa shape index (κ3) is 4.35. The molecule has 5 rings (SSSR count). The number of aromatic nitrogens is 2. The number of para-hydroxylation sites is 3. The van der Waals surface area contributed by atoms with Crippen molar-refractivity contribution in [3.8, 4) is 11.4 Å². The number of rotatable bonds is 6. The molecule has 2 heterocycles. The first-order valence-corrected chi connectivity index (χ1v) is 13.0. The average Bonchev–Trinajstić information content (AvgIpc) is 3.21. The number of anilines is 1. The van der Waals surface area contributed by atoms with Gasteiger partial charge in [-0.05, 0) is 55.0 Å². The van der Waals surface area contributed by atoms with Crippen LogP contribution in [0.1, 0.15) is 23.8 Å². The van der Waals surface area contributed by atoms with E-state index in [0.717, 1.165) is 40.7 Å². The zero-order valence-corrected chi connectivity index (χ0v) is 20.7. The number of methoxy groups -OCH3 is 1. The quantitative estimate of drug-likeness (QED) is 0.292. The minimum Gasteiger partial charge on any atom is -0.495 e. The Morgan fingerprint density at radius 3 is 2.76 bits per heavy atom. The molecule has 1 amide bonds. The van der Waals surface area contributed by atoms with Crippen LogP contribution in [0, 0.1) is 5.92 Å². The molecule has 174 valence electrons. The van der Waals surface area contributed by atoms with Gasteiger partial charge in [0.25, 0.3) is 5.56 Å². The zero-order chi connectivity index (χ0) is 23.7. The minimum atomic E-state index is -0.192. The van der Waals surface area contributed by atoms with Gasteiger partial charge < -0.3 is 10.1 Å². The number of carbonyl (C=O) groups excluding carboxylic acids is 1. The molecule has 1 atom stereocenters. The van der Waals surface area contributed by atoms with Crippen LogP contribution >= 0.6 is 23.1 Å². The maximum absolute atomic E-state index is 13.8. The van der Waals surface area contributed by atoms with Crippen LogP contribution in [-0.4, -0.2) is 28.3 Å². The van der Waals surface area contributed by atoms with E-state index < -0.39 is 0 Å². The third-order valence-electron chi connectivity index (χ3n) is 6.03. The minimum absolute atomic E-state index is 0.0594. The van der Waals surface area contributed by atoms with Crippen molar-refractivity contribution in [3.05, 3.63) is 75.4 Å². The summed E-state index contributed by atoms with van der Waals surface area (Å²) in [6.45, 7) is 2.25. The molecular formula is C26H25N3O3S2. The molecular weight excluding hydrogens is 466 g/mol. The van der Waals surface area contributed by atoms with Gasteiger partial charge in [-0.25, -0.2) is 4.98 Å². The fourth-order valence-corrected chi connectivity index (χ4v) is 6.57. The molecule has 1 N–H and O–H groups in total. The summed E-state index contributed by atoms with van der Waals surface area (Å²) in [5, 5.41) is 4.14. The number of carbonyl (C=O) groups is 1. The SMILES string of the molecule is COc1ccccc1NC(=O)CSc1nc2sc3c(c2c(=O)n1-c1ccccc1)CC[C@H](C)C3. The molecule has 2 aromatic heterocycles. The lowest BCUT2D eigenvalue weighted by atomic mass is 9.89. The predicted octanol–water partition coefficient (Wildman–Crippen LogP) is 5.31. The lowest BCUT2D eigenvalue weighted by Crippen LogP contribution is -2.23. The lowest BCUT2D eigenvalue weighted by molar-refractivity contribution is -0.113. The number of amides is 1. The highest BCUT2D eigenvalue weighted by Gasteiger charge is 2.25. The van der Waals surface area contributed by atoms with Gasteiger partial charge in [0.1, 0.15) is 10.6 Å². The van der Waals surface area contributed by atoms with E-state index >= 15 is 0 Å². The predicted molar refractivity (Wildman–Crippen MR) is 139 cm³/mol. The molecule has 0 fully saturated rings. The molecule has 1 aliphatic carbocycles. The van der Waals surface area contributed by atoms with Gasteiger partial charge in [-0.2, -0.15) is 0 Å². The van der Waals surface area contributed by atoms with Crippen molar-refractivity contribution in [2.24, 2.45) is 5.92 Å². The summed E-state index contributed by atoms with van der Waals surface area (Å²) >= 11 is 2.89. The van der Waals surface area contributed by atoms with Crippen LogP contribution in [0.3, 0.4) is 0 Å². The first kappa shape index (κ1) is 22.7. The van der Waals surface area contributed by atoms with Gasteiger partial charge in [0.05, 0.1) is 29.6 Å². The molecule has 6 nitrogen and oxygen atoms in total. The number of thiophene rings is 1. The van der Waals surface area contributed by atoms with Crippen LogP contribution in [0.25, 0.3) is 15.9 Å². The van der Waals surface area contributed by atoms with Crippen molar-refractivity contribution in [2.75, 3.05) is 18.2 Å². The Bertz CT molecular complexity index is 1410. The second-order valence-electron chi connectivity index (χ2n) is 8.44. The second-order valence-corrected chi connectivity index (χ2v) is 10.5. The number of hydrogen-bond donors (Lipinski definition) is 1. The summed E-state index contributed by atoms with van der Waals surface area (Å²) in [6, 6.07) is 16.8. The Hall–Kier alpha value is -3.10. The topological polar surface area (TPSA) is 73.2 Å². The van der Waals surface area contributed by atoms with Gasteiger partial charge in [-0.3, -0.25) is 14.2 Å². The summed E-state index contributed by atoms with van der Waals surface area (Å²) in [4.78, 5) is 33.5. The van der Waals surface area contributed by atoms with Crippen LogP contribution in [0.5, 0.6) is 5.75 Å². The van der Waals surface area contributed by atoms with Crippen LogP contribution in [0.15, 0.2) is 64.5 Å². The van der Waals surface area contributed by atoms with E-state index in [2.05, 4.69) is 12.2 Å². The van der Waals surface area contributed by atoms with Crippen LogP contribution in [0.4, 0.5) is 5.69 Å². The van der Waals surface area contributed by atoms with E-state index in [4.69, 9.17) is 9.72 Å². The summed E-state index contributed by atoms with van der Waals surface area (Å²) in [7, 11) is 1.57. The lowest BCUT2D eigenvalue weighted by Gasteiger charge is -2.17. The molecule has 1 aliphatic rings. The van der Waals surface area contributed by atoms with Gasteiger partial charge in [0, 0.05) is 4.88 Å². The number of fused-ring (bicyclic) bond motifs is 3. The Kier molecular flexibility index (Phi) is 6.43. The van der Waals surface area contributed by atoms with Gasteiger partial charge in [-0.15, -0.1) is 11.3 Å². The summed E-state index contributed by atoms with van der Waals surface area (Å²) in [5.41, 5.74) is 2.46. The van der Waals surface area contributed by atoms with E-state index in [1.807, 2.05) is 42.5 Å². The molecule has 0 spiro atoms. The molecule has 8 heteroatoms. The Morgan fingerprint density at radius 1 is 1.21 bits per heavy atom. The van der Waals surface area contributed by atoms with Crippen molar-refractivity contribution in [2.45, 2.75) is 31.3 Å². The fourth-order valence-electron chi connectivity index (χ4n) is 4.34. The number of benzene rings is 2. The largest absolute Gasteiger partial charge is 0.495 e. The van der Waals surface area contributed by atoms with Crippen LogP contribution in [-0.2, 0) is 17.6 Å². The number of ether oxygens (including phenoxy) is 1. The van der Waals surface area contributed by atoms with E-state index in [1.54, 1.807) is 35.1 Å².